The van der Waals surface area contributed by atoms with E-state index >= 15 is 0 Å². The third kappa shape index (κ3) is 5.48. The number of hydrogen-bond donors (Lipinski definition) is 0. The van der Waals surface area contributed by atoms with Crippen molar-refractivity contribution in [2.24, 2.45) is 5.92 Å². The molecule has 3 aromatic rings. The van der Waals surface area contributed by atoms with Crippen LogP contribution in [0.25, 0.3) is 5.69 Å². The first-order valence-electron chi connectivity index (χ1n) is 11.9. The summed E-state index contributed by atoms with van der Waals surface area (Å²) in [6, 6.07) is 17.4. The van der Waals surface area contributed by atoms with Gasteiger partial charge in [-0.25, -0.2) is 4.68 Å². The van der Waals surface area contributed by atoms with Crippen LogP contribution in [0.3, 0.4) is 0 Å². The lowest BCUT2D eigenvalue weighted by Gasteiger charge is -2.28. The lowest BCUT2D eigenvalue weighted by molar-refractivity contribution is 0.0719. The molecule has 2 aromatic carbocycles. The van der Waals surface area contributed by atoms with Crippen LogP contribution in [0.5, 0.6) is 0 Å². The summed E-state index contributed by atoms with van der Waals surface area (Å²) < 4.78 is 2.04. The van der Waals surface area contributed by atoms with Crippen LogP contribution in [0, 0.1) is 5.92 Å². The Labute approximate surface area is 202 Å². The highest BCUT2D eigenvalue weighted by molar-refractivity contribution is 6.30. The quantitative estimate of drug-likeness (QED) is 0.436. The number of rotatable bonds is 8. The number of hydrogen-bond acceptors (Lipinski definition) is 3. The van der Waals surface area contributed by atoms with Crippen LogP contribution in [-0.2, 0) is 19.5 Å². The maximum absolute atomic E-state index is 13.4. The molecule has 0 aliphatic carbocycles. The molecule has 1 aromatic heterocycles. The van der Waals surface area contributed by atoms with Gasteiger partial charge in [-0.05, 0) is 49.2 Å². The number of benzene rings is 2. The predicted molar refractivity (Wildman–Crippen MR) is 134 cm³/mol. The largest absolute Gasteiger partial charge is 0.332 e. The summed E-state index contributed by atoms with van der Waals surface area (Å²) in [5.74, 6) is 0.414. The first-order chi connectivity index (χ1) is 16.0. The zero-order valence-electron chi connectivity index (χ0n) is 19.8. The molecule has 0 unspecified atom stereocenters. The van der Waals surface area contributed by atoms with Crippen LogP contribution in [0.4, 0.5) is 0 Å². The lowest BCUT2D eigenvalue weighted by Crippen LogP contribution is -2.35. The van der Waals surface area contributed by atoms with Gasteiger partial charge in [0.15, 0.2) is 0 Å². The molecule has 0 N–H and O–H groups in total. The maximum Gasteiger partial charge on any atom is 0.254 e. The van der Waals surface area contributed by atoms with Gasteiger partial charge in [-0.1, -0.05) is 56.6 Å². The van der Waals surface area contributed by atoms with E-state index in [1.165, 1.54) is 11.3 Å². The predicted octanol–water partition coefficient (Wildman–Crippen LogP) is 5.59. The van der Waals surface area contributed by atoms with Gasteiger partial charge in [-0.15, -0.1) is 0 Å². The number of amides is 1. The SMILES string of the molecule is CCCN1CCc2c(c(CN(CC(C)C)C(=O)c3ccccc3)nn2-c2cccc(Cl)c2)C1. The Balaban J connectivity index is 1.72. The summed E-state index contributed by atoms with van der Waals surface area (Å²) in [7, 11) is 0. The Morgan fingerprint density at radius 3 is 2.64 bits per heavy atom. The molecule has 0 bridgehead atoms. The highest BCUT2D eigenvalue weighted by Crippen LogP contribution is 2.28. The lowest BCUT2D eigenvalue weighted by atomic mass is 10.0. The summed E-state index contributed by atoms with van der Waals surface area (Å²) in [6.45, 7) is 10.7. The molecule has 0 radical (unpaired) electrons. The minimum Gasteiger partial charge on any atom is -0.332 e. The Hall–Kier alpha value is -2.63. The van der Waals surface area contributed by atoms with E-state index in [2.05, 4.69) is 25.7 Å². The molecule has 1 aliphatic heterocycles. The average Bonchev–Trinajstić information content (AvgIpc) is 3.16. The molecule has 1 amide bonds. The van der Waals surface area contributed by atoms with E-state index in [0.717, 1.165) is 43.9 Å². The monoisotopic (exact) mass is 464 g/mol. The number of nitrogens with zero attached hydrogens (tertiary/aromatic N) is 4. The minimum atomic E-state index is 0.0524. The normalized spacial score (nSPS) is 13.8. The van der Waals surface area contributed by atoms with E-state index in [1.54, 1.807) is 0 Å². The van der Waals surface area contributed by atoms with Gasteiger partial charge in [0, 0.05) is 42.2 Å². The summed E-state index contributed by atoms with van der Waals surface area (Å²) in [6.07, 6.45) is 2.06. The van der Waals surface area contributed by atoms with E-state index in [-0.39, 0.29) is 5.91 Å². The standard InChI is InChI=1S/C27H33ClN4O/c1-4-14-30-15-13-26-24(18-30)25(29-32(26)23-12-8-11-22(28)16-23)19-31(17-20(2)3)27(33)21-9-6-5-7-10-21/h5-12,16,20H,4,13-15,17-19H2,1-3H3. The Morgan fingerprint density at radius 1 is 1.15 bits per heavy atom. The molecule has 0 spiro atoms. The van der Waals surface area contributed by atoms with E-state index in [4.69, 9.17) is 16.7 Å². The van der Waals surface area contributed by atoms with E-state index < -0.39 is 0 Å². The number of carbonyl (C=O) groups is 1. The summed E-state index contributed by atoms with van der Waals surface area (Å²) >= 11 is 6.30. The molecule has 1 aliphatic rings. The van der Waals surface area contributed by atoms with Crippen molar-refractivity contribution in [2.45, 2.75) is 46.7 Å². The van der Waals surface area contributed by atoms with Crippen LogP contribution in [0.2, 0.25) is 5.02 Å². The first-order valence-corrected chi connectivity index (χ1v) is 12.3. The van der Waals surface area contributed by atoms with Crippen molar-refractivity contribution >= 4 is 17.5 Å². The van der Waals surface area contributed by atoms with Gasteiger partial charge in [0.1, 0.15) is 0 Å². The van der Waals surface area contributed by atoms with Crippen LogP contribution < -0.4 is 0 Å². The number of halogens is 1. The second kappa shape index (κ2) is 10.5. The van der Waals surface area contributed by atoms with Gasteiger partial charge >= 0.3 is 0 Å². The van der Waals surface area contributed by atoms with Gasteiger partial charge in [0.05, 0.1) is 23.6 Å². The molecule has 5 nitrogen and oxygen atoms in total. The Morgan fingerprint density at radius 2 is 1.94 bits per heavy atom. The van der Waals surface area contributed by atoms with E-state index in [1.807, 2.05) is 64.2 Å². The molecule has 33 heavy (non-hydrogen) atoms. The zero-order chi connectivity index (χ0) is 23.4. The summed E-state index contributed by atoms with van der Waals surface area (Å²) in [5.41, 5.74) is 5.16. The fraction of sp³-hybridized carbons (Fsp3) is 0.407. The molecule has 0 atom stereocenters. The molecule has 0 saturated heterocycles. The van der Waals surface area contributed by atoms with Crippen molar-refractivity contribution in [3.05, 3.63) is 82.1 Å². The molecule has 174 valence electrons. The van der Waals surface area contributed by atoms with Gasteiger partial charge in [-0.2, -0.15) is 5.10 Å². The van der Waals surface area contributed by atoms with Crippen LogP contribution in [0.15, 0.2) is 54.6 Å². The molecule has 0 saturated carbocycles. The molecular weight excluding hydrogens is 432 g/mol. The smallest absolute Gasteiger partial charge is 0.254 e. The highest BCUT2D eigenvalue weighted by atomic mass is 35.5. The third-order valence-corrected chi connectivity index (χ3v) is 6.28. The van der Waals surface area contributed by atoms with Gasteiger partial charge in [0.25, 0.3) is 5.91 Å². The summed E-state index contributed by atoms with van der Waals surface area (Å²) in [4.78, 5) is 17.8. The second-order valence-electron chi connectivity index (χ2n) is 9.24. The van der Waals surface area contributed by atoms with Crippen LogP contribution in [-0.4, -0.2) is 45.1 Å². The van der Waals surface area contributed by atoms with Crippen LogP contribution >= 0.6 is 11.6 Å². The van der Waals surface area contributed by atoms with Gasteiger partial charge in [0.2, 0.25) is 0 Å². The first kappa shape index (κ1) is 23.5. The van der Waals surface area contributed by atoms with E-state index in [9.17, 15) is 4.79 Å². The fourth-order valence-electron chi connectivity index (χ4n) is 4.60. The molecular formula is C27H33ClN4O. The fourth-order valence-corrected chi connectivity index (χ4v) is 4.79. The zero-order valence-corrected chi connectivity index (χ0v) is 20.6. The van der Waals surface area contributed by atoms with Crippen LogP contribution in [0.1, 0.15) is 54.5 Å². The van der Waals surface area contributed by atoms with Gasteiger partial charge < -0.3 is 4.90 Å². The van der Waals surface area contributed by atoms with Crippen molar-refractivity contribution in [1.29, 1.82) is 0 Å². The number of aromatic nitrogens is 2. The molecule has 4 rings (SSSR count). The minimum absolute atomic E-state index is 0.0524. The average molecular weight is 465 g/mol. The van der Waals surface area contributed by atoms with Crippen molar-refractivity contribution < 1.29 is 4.79 Å². The topological polar surface area (TPSA) is 41.4 Å². The Kier molecular flexibility index (Phi) is 7.51. The summed E-state index contributed by atoms with van der Waals surface area (Å²) in [5, 5.41) is 5.76. The number of fused-ring (bicyclic) bond motifs is 1. The van der Waals surface area contributed by atoms with Crippen molar-refractivity contribution in [3.8, 4) is 5.69 Å². The highest BCUT2D eigenvalue weighted by Gasteiger charge is 2.28. The van der Waals surface area contributed by atoms with Crippen molar-refractivity contribution in [3.63, 3.8) is 0 Å². The molecule has 0 fully saturated rings. The molecule has 6 heteroatoms. The second-order valence-corrected chi connectivity index (χ2v) is 9.67. The van der Waals surface area contributed by atoms with Gasteiger partial charge in [-0.3, -0.25) is 9.69 Å². The van der Waals surface area contributed by atoms with Crippen molar-refractivity contribution in [1.82, 2.24) is 19.6 Å². The van der Waals surface area contributed by atoms with Crippen molar-refractivity contribution in [2.75, 3.05) is 19.6 Å². The van der Waals surface area contributed by atoms with E-state index in [0.29, 0.717) is 29.6 Å². The number of carbonyl (C=O) groups excluding carboxylic acids is 1. The maximum atomic E-state index is 13.4. The molecule has 2 heterocycles. The third-order valence-electron chi connectivity index (χ3n) is 6.05. The Bertz CT molecular complexity index is 1090.